The summed E-state index contributed by atoms with van der Waals surface area (Å²) in [6.07, 6.45) is 2.52. The van der Waals surface area contributed by atoms with E-state index in [0.29, 0.717) is 18.9 Å². The minimum Gasteiger partial charge on any atom is -0.370 e. The highest BCUT2D eigenvalue weighted by molar-refractivity contribution is 5.84. The molecule has 28 heavy (non-hydrogen) atoms. The van der Waals surface area contributed by atoms with Crippen molar-refractivity contribution in [2.75, 3.05) is 26.2 Å². The monoisotopic (exact) mass is 382 g/mol. The first-order valence-corrected chi connectivity index (χ1v) is 9.67. The molecule has 2 N–H and O–H groups in total. The third-order valence-corrected chi connectivity index (χ3v) is 5.26. The molecule has 8 heteroatoms. The van der Waals surface area contributed by atoms with Gasteiger partial charge in [0.25, 0.3) is 0 Å². The number of aryl methyl sites for hydroxylation is 2. The molecule has 1 amide bonds. The van der Waals surface area contributed by atoms with E-state index < -0.39 is 0 Å². The van der Waals surface area contributed by atoms with Crippen LogP contribution in [0.5, 0.6) is 0 Å². The average molecular weight is 382 g/mol. The Morgan fingerprint density at radius 2 is 1.86 bits per heavy atom. The summed E-state index contributed by atoms with van der Waals surface area (Å²) < 4.78 is 7.20. The molecule has 0 aliphatic carbocycles. The van der Waals surface area contributed by atoms with E-state index in [4.69, 9.17) is 10.3 Å². The molecule has 0 radical (unpaired) electrons. The topological polar surface area (TPSA) is 93.4 Å². The molecule has 2 aromatic heterocycles. The number of carbonyl (C=O) groups is 1. The second-order valence-corrected chi connectivity index (χ2v) is 7.36. The number of piperazine rings is 1. The van der Waals surface area contributed by atoms with Gasteiger partial charge in [0.2, 0.25) is 11.8 Å². The van der Waals surface area contributed by atoms with Crippen LogP contribution in [0.1, 0.15) is 23.7 Å². The van der Waals surface area contributed by atoms with Crippen LogP contribution < -0.4 is 5.73 Å². The summed E-state index contributed by atoms with van der Waals surface area (Å²) in [5, 5.41) is 5.23. The highest BCUT2D eigenvalue weighted by atomic mass is 16.5. The zero-order valence-corrected chi connectivity index (χ0v) is 16.2. The first-order chi connectivity index (χ1) is 13.6. The summed E-state index contributed by atoms with van der Waals surface area (Å²) >= 11 is 0. The molecule has 4 rings (SSSR count). The van der Waals surface area contributed by atoms with E-state index >= 15 is 0 Å². The SMILES string of the molecule is Cc1nc(CN2CCN(Cc3cn(CCC(N)=O)c4ccccc34)CC2)no1. The Morgan fingerprint density at radius 1 is 1.14 bits per heavy atom. The summed E-state index contributed by atoms with van der Waals surface area (Å²) in [5.74, 6) is 1.09. The van der Waals surface area contributed by atoms with Crippen LogP contribution in [0.15, 0.2) is 35.0 Å². The molecule has 1 fully saturated rings. The lowest BCUT2D eigenvalue weighted by molar-refractivity contribution is -0.118. The number of nitrogens with two attached hydrogens (primary N) is 1. The highest BCUT2D eigenvalue weighted by Gasteiger charge is 2.20. The molecule has 3 aromatic rings. The van der Waals surface area contributed by atoms with E-state index in [0.717, 1.165) is 50.6 Å². The van der Waals surface area contributed by atoms with Gasteiger partial charge in [-0.05, 0) is 11.6 Å². The number of fused-ring (bicyclic) bond motifs is 1. The molecule has 148 valence electrons. The Hall–Kier alpha value is -2.71. The van der Waals surface area contributed by atoms with Gasteiger partial charge in [-0.1, -0.05) is 23.4 Å². The van der Waals surface area contributed by atoms with E-state index in [-0.39, 0.29) is 5.91 Å². The normalized spacial score (nSPS) is 16.0. The standard InChI is InChI=1S/C20H26N6O2/c1-15-22-20(23-28-15)14-25-10-8-24(9-11-25)12-16-13-26(7-6-19(21)27)18-5-3-2-4-17(16)18/h2-5,13H,6-12,14H2,1H3,(H2,21,27). The van der Waals surface area contributed by atoms with Crippen LogP contribution in [0.4, 0.5) is 0 Å². The van der Waals surface area contributed by atoms with Gasteiger partial charge in [0.05, 0.1) is 6.54 Å². The van der Waals surface area contributed by atoms with Crippen molar-refractivity contribution in [1.82, 2.24) is 24.5 Å². The number of primary amides is 1. The molecule has 1 aromatic carbocycles. The fraction of sp³-hybridized carbons (Fsp3) is 0.450. The molecule has 3 heterocycles. The maximum absolute atomic E-state index is 11.2. The smallest absolute Gasteiger partial charge is 0.223 e. The third-order valence-electron chi connectivity index (χ3n) is 5.26. The second kappa shape index (κ2) is 8.12. The molecule has 0 unspecified atom stereocenters. The predicted molar refractivity (Wildman–Crippen MR) is 105 cm³/mol. The van der Waals surface area contributed by atoms with Gasteiger partial charge in [-0.25, -0.2) is 0 Å². The van der Waals surface area contributed by atoms with Gasteiger partial charge < -0.3 is 14.8 Å². The molecule has 1 saturated heterocycles. The maximum atomic E-state index is 11.2. The lowest BCUT2D eigenvalue weighted by Crippen LogP contribution is -2.45. The van der Waals surface area contributed by atoms with Crippen molar-refractivity contribution in [2.24, 2.45) is 5.73 Å². The molecular weight excluding hydrogens is 356 g/mol. The van der Waals surface area contributed by atoms with E-state index in [1.807, 2.05) is 13.0 Å². The summed E-state index contributed by atoms with van der Waals surface area (Å²) in [6.45, 7) is 8.02. The van der Waals surface area contributed by atoms with E-state index in [9.17, 15) is 4.79 Å². The molecule has 0 saturated carbocycles. The largest absolute Gasteiger partial charge is 0.370 e. The van der Waals surface area contributed by atoms with E-state index in [1.165, 1.54) is 10.9 Å². The average Bonchev–Trinajstić information content (AvgIpc) is 3.25. The van der Waals surface area contributed by atoms with E-state index in [1.54, 1.807) is 0 Å². The van der Waals surface area contributed by atoms with Crippen molar-refractivity contribution in [3.8, 4) is 0 Å². The lowest BCUT2D eigenvalue weighted by Gasteiger charge is -2.33. The fourth-order valence-electron chi connectivity index (χ4n) is 3.82. The minimum absolute atomic E-state index is 0.271. The number of rotatable bonds is 7. The number of hydrogen-bond donors (Lipinski definition) is 1. The van der Waals surface area contributed by atoms with Crippen molar-refractivity contribution >= 4 is 16.8 Å². The molecule has 0 bridgehead atoms. The van der Waals surface area contributed by atoms with Crippen LogP contribution in [0.2, 0.25) is 0 Å². The van der Waals surface area contributed by atoms with Crippen LogP contribution in [0.3, 0.4) is 0 Å². The van der Waals surface area contributed by atoms with Crippen molar-refractivity contribution in [3.63, 3.8) is 0 Å². The maximum Gasteiger partial charge on any atom is 0.223 e. The van der Waals surface area contributed by atoms with Crippen molar-refractivity contribution in [3.05, 3.63) is 47.7 Å². The Labute approximate surface area is 163 Å². The first-order valence-electron chi connectivity index (χ1n) is 9.67. The lowest BCUT2D eigenvalue weighted by atomic mass is 10.1. The highest BCUT2D eigenvalue weighted by Crippen LogP contribution is 2.23. The molecule has 1 aliphatic heterocycles. The molecule has 0 atom stereocenters. The predicted octanol–water partition coefficient (Wildman–Crippen LogP) is 1.53. The quantitative estimate of drug-likeness (QED) is 0.666. The van der Waals surface area contributed by atoms with Gasteiger partial charge in [0.15, 0.2) is 5.82 Å². The summed E-state index contributed by atoms with van der Waals surface area (Å²) in [5.41, 5.74) is 7.78. The van der Waals surface area contributed by atoms with Gasteiger partial charge in [0.1, 0.15) is 0 Å². The van der Waals surface area contributed by atoms with Crippen LogP contribution in [0.25, 0.3) is 10.9 Å². The Kier molecular flexibility index (Phi) is 5.40. The van der Waals surface area contributed by atoms with Crippen molar-refractivity contribution < 1.29 is 9.32 Å². The molecule has 8 nitrogen and oxygen atoms in total. The zero-order chi connectivity index (χ0) is 19.5. The number of amides is 1. The molecule has 1 aliphatic rings. The van der Waals surface area contributed by atoms with Crippen LogP contribution in [-0.2, 0) is 24.4 Å². The number of hydrogen-bond acceptors (Lipinski definition) is 6. The number of nitrogens with zero attached hydrogens (tertiary/aromatic N) is 5. The Morgan fingerprint density at radius 3 is 2.54 bits per heavy atom. The van der Waals surface area contributed by atoms with Gasteiger partial charge in [-0.3, -0.25) is 14.6 Å². The Bertz CT molecular complexity index is 955. The van der Waals surface area contributed by atoms with Gasteiger partial charge in [-0.2, -0.15) is 4.98 Å². The molecule has 0 spiro atoms. The van der Waals surface area contributed by atoms with Crippen LogP contribution >= 0.6 is 0 Å². The fourth-order valence-corrected chi connectivity index (χ4v) is 3.82. The number of carbonyl (C=O) groups excluding carboxylic acids is 1. The summed E-state index contributed by atoms with van der Waals surface area (Å²) in [7, 11) is 0. The number of benzene rings is 1. The van der Waals surface area contributed by atoms with Crippen LogP contribution in [-0.4, -0.2) is 56.6 Å². The van der Waals surface area contributed by atoms with E-state index in [2.05, 4.69) is 48.9 Å². The van der Waals surface area contributed by atoms with Gasteiger partial charge >= 0.3 is 0 Å². The summed E-state index contributed by atoms with van der Waals surface area (Å²) in [6, 6.07) is 8.35. The zero-order valence-electron chi connectivity index (χ0n) is 16.2. The summed E-state index contributed by atoms with van der Waals surface area (Å²) in [4.78, 5) is 20.3. The van der Waals surface area contributed by atoms with Crippen LogP contribution in [0, 0.1) is 6.92 Å². The second-order valence-electron chi connectivity index (χ2n) is 7.36. The first kappa shape index (κ1) is 18.6. The third kappa shape index (κ3) is 4.23. The van der Waals surface area contributed by atoms with Crippen molar-refractivity contribution in [2.45, 2.75) is 33.0 Å². The number of aromatic nitrogens is 3. The van der Waals surface area contributed by atoms with Gasteiger partial charge in [0, 0.05) is 69.7 Å². The Balaban J connectivity index is 1.39. The molecular formula is C20H26N6O2. The minimum atomic E-state index is -0.271. The van der Waals surface area contributed by atoms with Crippen molar-refractivity contribution in [1.29, 1.82) is 0 Å². The van der Waals surface area contributed by atoms with Gasteiger partial charge in [-0.15, -0.1) is 0 Å². The number of para-hydroxylation sites is 1.